The number of halogens is 2. The number of nitrogens with zero attached hydrogens (tertiary/aromatic N) is 2. The summed E-state index contributed by atoms with van der Waals surface area (Å²) in [5.41, 5.74) is 1.05. The monoisotopic (exact) mass is 392 g/mol. The van der Waals surface area contributed by atoms with Crippen LogP contribution in [0.25, 0.3) is 10.9 Å². The highest BCUT2D eigenvalue weighted by atomic mass is 79.9. The number of carbonyl (C=O) groups is 1. The van der Waals surface area contributed by atoms with Crippen LogP contribution in [0.2, 0.25) is 0 Å². The summed E-state index contributed by atoms with van der Waals surface area (Å²) in [5.74, 6) is -0.655. The number of benzene rings is 2. The molecule has 7 heteroatoms. The Labute approximate surface area is 146 Å². The highest BCUT2D eigenvalue weighted by Gasteiger charge is 2.28. The number of carbonyl (C=O) groups excluding carboxylic acids is 1. The maximum Gasteiger partial charge on any atom is 0.335 e. The Bertz CT molecular complexity index is 910. The van der Waals surface area contributed by atoms with Gasteiger partial charge in [-0.25, -0.2) is 9.18 Å². The van der Waals surface area contributed by atoms with Gasteiger partial charge in [0.2, 0.25) is 0 Å². The maximum atomic E-state index is 13.7. The molecule has 0 aliphatic heterocycles. The molecule has 1 atom stereocenters. The van der Waals surface area contributed by atoms with Crippen molar-refractivity contribution in [3.8, 4) is 5.75 Å². The van der Waals surface area contributed by atoms with Crippen LogP contribution in [-0.2, 0) is 9.53 Å². The number of esters is 1. The lowest BCUT2D eigenvalue weighted by Crippen LogP contribution is -2.23. The fourth-order valence-corrected chi connectivity index (χ4v) is 2.90. The van der Waals surface area contributed by atoms with Gasteiger partial charge in [0.1, 0.15) is 11.6 Å². The van der Waals surface area contributed by atoms with Gasteiger partial charge in [-0.05, 0) is 30.3 Å². The molecule has 0 spiro atoms. The van der Waals surface area contributed by atoms with E-state index in [0.717, 1.165) is 9.86 Å². The molecule has 3 rings (SSSR count). The second kappa shape index (κ2) is 6.60. The van der Waals surface area contributed by atoms with Gasteiger partial charge in [0, 0.05) is 21.6 Å². The first kappa shape index (κ1) is 16.4. The molecular formula is C17H14BrFN2O3. The average Bonchev–Trinajstić information content (AvgIpc) is 2.97. The summed E-state index contributed by atoms with van der Waals surface area (Å²) in [6, 6.07) is 8.64. The number of aromatic nitrogens is 2. The minimum absolute atomic E-state index is 0.344. The van der Waals surface area contributed by atoms with Gasteiger partial charge in [0.15, 0.2) is 6.04 Å². The minimum Gasteiger partial charge on any atom is -0.496 e. The zero-order valence-corrected chi connectivity index (χ0v) is 14.6. The number of rotatable bonds is 4. The summed E-state index contributed by atoms with van der Waals surface area (Å²) in [5, 5.41) is 5.28. The number of hydrogen-bond donors (Lipinski definition) is 0. The molecule has 0 N–H and O–H groups in total. The first-order chi connectivity index (χ1) is 11.5. The van der Waals surface area contributed by atoms with Crippen molar-refractivity contribution in [2.24, 2.45) is 0 Å². The summed E-state index contributed by atoms with van der Waals surface area (Å²) in [6.45, 7) is 0. The quantitative estimate of drug-likeness (QED) is 0.635. The molecule has 1 aromatic heterocycles. The highest BCUT2D eigenvalue weighted by Crippen LogP contribution is 2.31. The first-order valence-corrected chi connectivity index (χ1v) is 7.88. The van der Waals surface area contributed by atoms with Crippen LogP contribution in [-0.4, -0.2) is 30.0 Å². The number of fused-ring (bicyclic) bond motifs is 1. The van der Waals surface area contributed by atoms with Gasteiger partial charge in [0.05, 0.1) is 19.7 Å². The molecule has 0 unspecified atom stereocenters. The van der Waals surface area contributed by atoms with Crippen LogP contribution in [0.3, 0.4) is 0 Å². The first-order valence-electron chi connectivity index (χ1n) is 7.09. The van der Waals surface area contributed by atoms with Crippen molar-refractivity contribution in [3.05, 3.63) is 58.4 Å². The highest BCUT2D eigenvalue weighted by molar-refractivity contribution is 9.10. The molecule has 0 amide bonds. The fraction of sp³-hybridized carbons (Fsp3) is 0.176. The van der Waals surface area contributed by atoms with Crippen molar-refractivity contribution in [1.29, 1.82) is 0 Å². The second-order valence-corrected chi connectivity index (χ2v) is 6.04. The van der Waals surface area contributed by atoms with Gasteiger partial charge in [-0.15, -0.1) is 0 Å². The summed E-state index contributed by atoms with van der Waals surface area (Å²) >= 11 is 3.39. The van der Waals surface area contributed by atoms with Crippen LogP contribution < -0.4 is 4.74 Å². The van der Waals surface area contributed by atoms with Crippen LogP contribution in [0.15, 0.2) is 47.1 Å². The van der Waals surface area contributed by atoms with Gasteiger partial charge >= 0.3 is 5.97 Å². The molecule has 5 nitrogen and oxygen atoms in total. The minimum atomic E-state index is -0.952. The summed E-state index contributed by atoms with van der Waals surface area (Å²) in [6.07, 6.45) is 1.72. The Morgan fingerprint density at radius 1 is 1.25 bits per heavy atom. The second-order valence-electron chi connectivity index (χ2n) is 5.12. The zero-order valence-electron chi connectivity index (χ0n) is 13.0. The van der Waals surface area contributed by atoms with Crippen LogP contribution in [0.5, 0.6) is 5.75 Å². The van der Waals surface area contributed by atoms with Crippen molar-refractivity contribution < 1.29 is 18.7 Å². The molecule has 0 radical (unpaired) electrons. The lowest BCUT2D eigenvalue weighted by atomic mass is 10.1. The molecule has 0 saturated heterocycles. The van der Waals surface area contributed by atoms with Crippen LogP contribution in [0, 0.1) is 5.82 Å². The Morgan fingerprint density at radius 3 is 2.75 bits per heavy atom. The molecule has 3 aromatic rings. The Morgan fingerprint density at radius 2 is 2.04 bits per heavy atom. The van der Waals surface area contributed by atoms with Crippen molar-refractivity contribution in [2.45, 2.75) is 6.04 Å². The van der Waals surface area contributed by atoms with Crippen LogP contribution >= 0.6 is 15.9 Å². The molecule has 0 fully saturated rings. The summed E-state index contributed by atoms with van der Waals surface area (Å²) in [7, 11) is 2.74. The van der Waals surface area contributed by atoms with E-state index in [0.29, 0.717) is 16.8 Å². The van der Waals surface area contributed by atoms with Crippen LogP contribution in [0.1, 0.15) is 11.6 Å². The third-order valence-electron chi connectivity index (χ3n) is 3.66. The van der Waals surface area contributed by atoms with Crippen molar-refractivity contribution in [1.82, 2.24) is 9.78 Å². The van der Waals surface area contributed by atoms with E-state index in [1.54, 1.807) is 6.20 Å². The number of methoxy groups -OCH3 is 2. The lowest BCUT2D eigenvalue weighted by Gasteiger charge is -2.18. The molecule has 124 valence electrons. The van der Waals surface area contributed by atoms with E-state index in [9.17, 15) is 9.18 Å². The number of hydrogen-bond acceptors (Lipinski definition) is 4. The molecule has 1 heterocycles. The zero-order chi connectivity index (χ0) is 17.3. The fourth-order valence-electron chi connectivity index (χ4n) is 2.55. The standard InChI is InChI=1S/C17H14BrFN2O3/c1-23-15-6-5-12(19)8-13(15)16(17(22)24-2)21-9-10-3-4-11(18)7-14(10)20-21/h3-9,16H,1-2H3/t16-/m1/s1. The Balaban J connectivity index is 2.19. The van der Waals surface area contributed by atoms with E-state index in [4.69, 9.17) is 9.47 Å². The van der Waals surface area contributed by atoms with Gasteiger partial charge < -0.3 is 9.47 Å². The predicted octanol–water partition coefficient (Wildman–Crippen LogP) is 3.71. The smallest absolute Gasteiger partial charge is 0.335 e. The molecule has 24 heavy (non-hydrogen) atoms. The van der Waals surface area contributed by atoms with E-state index in [1.165, 1.54) is 37.1 Å². The third-order valence-corrected chi connectivity index (χ3v) is 4.16. The largest absolute Gasteiger partial charge is 0.496 e. The van der Waals surface area contributed by atoms with E-state index in [-0.39, 0.29) is 0 Å². The van der Waals surface area contributed by atoms with Gasteiger partial charge in [-0.3, -0.25) is 4.68 Å². The van der Waals surface area contributed by atoms with Crippen LogP contribution in [0.4, 0.5) is 4.39 Å². The molecule has 2 aromatic carbocycles. The summed E-state index contributed by atoms with van der Waals surface area (Å²) < 4.78 is 26.2. The van der Waals surface area contributed by atoms with E-state index in [2.05, 4.69) is 21.0 Å². The lowest BCUT2D eigenvalue weighted by molar-refractivity contribution is -0.143. The number of ether oxygens (including phenoxy) is 2. The maximum absolute atomic E-state index is 13.7. The van der Waals surface area contributed by atoms with Gasteiger partial charge in [-0.1, -0.05) is 22.0 Å². The van der Waals surface area contributed by atoms with Gasteiger partial charge in [-0.2, -0.15) is 5.10 Å². The van der Waals surface area contributed by atoms with Crippen molar-refractivity contribution >= 4 is 32.8 Å². The Kier molecular flexibility index (Phi) is 4.53. The predicted molar refractivity (Wildman–Crippen MR) is 90.5 cm³/mol. The summed E-state index contributed by atoms with van der Waals surface area (Å²) in [4.78, 5) is 12.4. The normalized spacial score (nSPS) is 12.2. The van der Waals surface area contributed by atoms with E-state index >= 15 is 0 Å². The molecule has 0 saturated carbocycles. The molecular weight excluding hydrogens is 379 g/mol. The molecule has 0 bridgehead atoms. The Hall–Kier alpha value is -2.41. The van der Waals surface area contributed by atoms with E-state index in [1.807, 2.05) is 18.2 Å². The van der Waals surface area contributed by atoms with Gasteiger partial charge in [0.25, 0.3) is 0 Å². The van der Waals surface area contributed by atoms with Crippen molar-refractivity contribution in [2.75, 3.05) is 14.2 Å². The van der Waals surface area contributed by atoms with Crippen molar-refractivity contribution in [3.63, 3.8) is 0 Å². The van der Waals surface area contributed by atoms with E-state index < -0.39 is 17.8 Å². The molecule has 0 aliphatic carbocycles. The average molecular weight is 393 g/mol. The third kappa shape index (κ3) is 2.99. The topological polar surface area (TPSA) is 53.4 Å². The SMILES string of the molecule is COC(=O)[C@@H](c1cc(F)ccc1OC)n1cc2ccc(Br)cc2n1. The molecule has 0 aliphatic rings.